The first kappa shape index (κ1) is 22.6. The van der Waals surface area contributed by atoms with Gasteiger partial charge in [0.15, 0.2) is 18.1 Å². The van der Waals surface area contributed by atoms with Crippen LogP contribution in [0.25, 0.3) is 10.8 Å². The number of likely N-dealkylation sites (N-methyl/N-ethyl adjacent to an activating group) is 1. The lowest BCUT2D eigenvalue weighted by atomic mass is 10.1. The molecule has 3 aromatic rings. The summed E-state index contributed by atoms with van der Waals surface area (Å²) in [6, 6.07) is 7.39. The maximum atomic E-state index is 13.0. The average molecular weight is 437 g/mol. The van der Waals surface area contributed by atoms with Crippen molar-refractivity contribution in [3.8, 4) is 0 Å². The third kappa shape index (κ3) is 4.48. The minimum absolute atomic E-state index is 0.113. The standard InChI is InChI=1S/C22H23N5O5/c1-5-27-21(30)19(24-16-11-23-10-14-8-6-7-9-15(14)16)18(13(2)28)20(25-27)22(31)32-12-17(29)26(3)4/h6-11,24H,5,12H2,1-4H3. The molecule has 2 heterocycles. The zero-order valence-electron chi connectivity index (χ0n) is 18.2. The molecule has 166 valence electrons. The quantitative estimate of drug-likeness (QED) is 0.440. The molecule has 10 heteroatoms. The molecule has 0 radical (unpaired) electrons. The van der Waals surface area contributed by atoms with Crippen molar-refractivity contribution in [2.45, 2.75) is 20.4 Å². The number of benzene rings is 1. The number of amides is 1. The number of aryl methyl sites for hydroxylation is 1. The van der Waals surface area contributed by atoms with Crippen LogP contribution in [0.5, 0.6) is 0 Å². The first-order valence-corrected chi connectivity index (χ1v) is 9.87. The van der Waals surface area contributed by atoms with Gasteiger partial charge < -0.3 is 15.0 Å². The van der Waals surface area contributed by atoms with Crippen molar-refractivity contribution < 1.29 is 19.1 Å². The fourth-order valence-electron chi connectivity index (χ4n) is 3.06. The highest BCUT2D eigenvalue weighted by atomic mass is 16.5. The number of pyridine rings is 1. The Morgan fingerprint density at radius 2 is 1.88 bits per heavy atom. The number of carbonyl (C=O) groups is 3. The van der Waals surface area contributed by atoms with Crippen LogP contribution in [0, 0.1) is 0 Å². The van der Waals surface area contributed by atoms with Crippen molar-refractivity contribution in [3.63, 3.8) is 0 Å². The zero-order valence-corrected chi connectivity index (χ0v) is 18.2. The highest BCUT2D eigenvalue weighted by molar-refractivity contribution is 6.09. The molecule has 1 aromatic carbocycles. The molecule has 0 unspecified atom stereocenters. The Hall–Kier alpha value is -4.08. The van der Waals surface area contributed by atoms with Crippen LogP contribution in [0.2, 0.25) is 0 Å². The van der Waals surface area contributed by atoms with E-state index in [1.54, 1.807) is 13.1 Å². The summed E-state index contributed by atoms with van der Waals surface area (Å²) in [6.07, 6.45) is 3.20. The third-order valence-electron chi connectivity index (χ3n) is 4.75. The van der Waals surface area contributed by atoms with Crippen molar-refractivity contribution in [1.82, 2.24) is 19.7 Å². The van der Waals surface area contributed by atoms with Gasteiger partial charge in [-0.25, -0.2) is 9.48 Å². The number of hydrogen-bond acceptors (Lipinski definition) is 8. The van der Waals surface area contributed by atoms with Gasteiger partial charge in [0, 0.05) is 37.6 Å². The summed E-state index contributed by atoms with van der Waals surface area (Å²) in [4.78, 5) is 55.5. The highest BCUT2D eigenvalue weighted by Gasteiger charge is 2.27. The third-order valence-corrected chi connectivity index (χ3v) is 4.75. The molecule has 0 aliphatic rings. The van der Waals surface area contributed by atoms with Gasteiger partial charge in [-0.2, -0.15) is 5.10 Å². The maximum Gasteiger partial charge on any atom is 0.360 e. The van der Waals surface area contributed by atoms with Crippen LogP contribution in [-0.2, 0) is 16.1 Å². The number of anilines is 2. The normalized spacial score (nSPS) is 10.6. The van der Waals surface area contributed by atoms with Gasteiger partial charge >= 0.3 is 5.97 Å². The number of ether oxygens (including phenoxy) is 1. The van der Waals surface area contributed by atoms with Crippen LogP contribution in [-0.4, -0.2) is 58.0 Å². The molecule has 0 bridgehead atoms. The molecule has 0 atom stereocenters. The number of fused-ring (bicyclic) bond motifs is 1. The van der Waals surface area contributed by atoms with Gasteiger partial charge in [0.05, 0.1) is 17.4 Å². The molecular weight excluding hydrogens is 414 g/mol. The van der Waals surface area contributed by atoms with E-state index in [-0.39, 0.29) is 23.5 Å². The fraction of sp³-hybridized carbons (Fsp3) is 0.273. The molecular formula is C22H23N5O5. The minimum atomic E-state index is -0.980. The summed E-state index contributed by atoms with van der Waals surface area (Å²) in [5.41, 5.74) is -0.764. The number of ketones is 1. The van der Waals surface area contributed by atoms with E-state index in [2.05, 4.69) is 15.4 Å². The van der Waals surface area contributed by atoms with Gasteiger partial charge in [0.1, 0.15) is 5.69 Å². The predicted molar refractivity (Wildman–Crippen MR) is 118 cm³/mol. The van der Waals surface area contributed by atoms with Crippen molar-refractivity contribution in [2.75, 3.05) is 26.0 Å². The largest absolute Gasteiger partial charge is 0.451 e. The van der Waals surface area contributed by atoms with E-state index < -0.39 is 29.8 Å². The molecule has 2 aromatic heterocycles. The molecule has 0 saturated carbocycles. The van der Waals surface area contributed by atoms with E-state index in [1.807, 2.05) is 24.3 Å². The molecule has 0 aliphatic heterocycles. The van der Waals surface area contributed by atoms with E-state index in [0.717, 1.165) is 15.5 Å². The van der Waals surface area contributed by atoms with Crippen LogP contribution in [0.4, 0.5) is 11.4 Å². The summed E-state index contributed by atoms with van der Waals surface area (Å²) in [7, 11) is 3.04. The predicted octanol–water partition coefficient (Wildman–Crippen LogP) is 2.00. The Bertz CT molecular complexity index is 1260. The lowest BCUT2D eigenvalue weighted by Crippen LogP contribution is -2.32. The van der Waals surface area contributed by atoms with Crippen molar-refractivity contribution in [2.24, 2.45) is 0 Å². The number of aromatic nitrogens is 3. The van der Waals surface area contributed by atoms with E-state index in [9.17, 15) is 19.2 Å². The van der Waals surface area contributed by atoms with Gasteiger partial charge in [-0.1, -0.05) is 24.3 Å². The summed E-state index contributed by atoms with van der Waals surface area (Å²) in [6.45, 7) is 2.53. The summed E-state index contributed by atoms with van der Waals surface area (Å²) < 4.78 is 6.11. The highest BCUT2D eigenvalue weighted by Crippen LogP contribution is 2.26. The second-order valence-corrected chi connectivity index (χ2v) is 7.17. The molecule has 1 N–H and O–H groups in total. The van der Waals surface area contributed by atoms with Crippen LogP contribution < -0.4 is 10.9 Å². The Morgan fingerprint density at radius 1 is 1.16 bits per heavy atom. The van der Waals surface area contributed by atoms with Gasteiger partial charge in [0.2, 0.25) is 0 Å². The number of hydrogen-bond donors (Lipinski definition) is 1. The Morgan fingerprint density at radius 3 is 2.53 bits per heavy atom. The van der Waals surface area contributed by atoms with E-state index in [1.165, 1.54) is 32.1 Å². The number of Topliss-reactive ketones (excluding diaryl/α,β-unsaturated/α-hetero) is 1. The molecule has 0 saturated heterocycles. The first-order valence-electron chi connectivity index (χ1n) is 9.87. The first-order chi connectivity index (χ1) is 15.2. The van der Waals surface area contributed by atoms with Crippen LogP contribution in [0.1, 0.15) is 34.7 Å². The number of rotatable bonds is 7. The van der Waals surface area contributed by atoms with Crippen molar-refractivity contribution >= 4 is 39.8 Å². The fourth-order valence-corrected chi connectivity index (χ4v) is 3.06. The van der Waals surface area contributed by atoms with Crippen molar-refractivity contribution in [3.05, 3.63) is 58.3 Å². The van der Waals surface area contributed by atoms with Crippen LogP contribution in [0.15, 0.2) is 41.5 Å². The molecule has 0 spiro atoms. The second-order valence-electron chi connectivity index (χ2n) is 7.17. The maximum absolute atomic E-state index is 13.0. The van der Waals surface area contributed by atoms with Crippen LogP contribution in [0.3, 0.4) is 0 Å². The summed E-state index contributed by atoms with van der Waals surface area (Å²) in [5.74, 6) is -1.97. The lowest BCUT2D eigenvalue weighted by Gasteiger charge is -2.16. The van der Waals surface area contributed by atoms with Gasteiger partial charge in [-0.05, 0) is 13.8 Å². The summed E-state index contributed by atoms with van der Waals surface area (Å²) in [5, 5.41) is 8.61. The van der Waals surface area contributed by atoms with Gasteiger partial charge in [-0.15, -0.1) is 0 Å². The second kappa shape index (κ2) is 9.38. The average Bonchev–Trinajstić information content (AvgIpc) is 2.78. The monoisotopic (exact) mass is 437 g/mol. The Labute approximate surface area is 183 Å². The number of nitrogens with zero attached hydrogens (tertiary/aromatic N) is 4. The van der Waals surface area contributed by atoms with Gasteiger partial charge in [-0.3, -0.25) is 19.4 Å². The number of esters is 1. The molecule has 0 fully saturated rings. The Kier molecular flexibility index (Phi) is 6.62. The lowest BCUT2D eigenvalue weighted by molar-refractivity contribution is -0.131. The Balaban J connectivity index is 2.13. The van der Waals surface area contributed by atoms with Crippen LogP contribution >= 0.6 is 0 Å². The smallest absolute Gasteiger partial charge is 0.360 e. The van der Waals surface area contributed by atoms with E-state index >= 15 is 0 Å². The summed E-state index contributed by atoms with van der Waals surface area (Å²) >= 11 is 0. The molecule has 1 amide bonds. The molecule has 3 rings (SSSR count). The topological polar surface area (TPSA) is 123 Å². The SMILES string of the molecule is CCn1nc(C(=O)OCC(=O)N(C)C)c(C(C)=O)c(Nc2cncc3ccccc23)c1=O. The zero-order chi connectivity index (χ0) is 23.4. The molecule has 0 aliphatic carbocycles. The van der Waals surface area contributed by atoms with E-state index in [0.29, 0.717) is 5.69 Å². The van der Waals surface area contributed by atoms with Crippen molar-refractivity contribution in [1.29, 1.82) is 0 Å². The number of carbonyl (C=O) groups excluding carboxylic acids is 3. The van der Waals surface area contributed by atoms with E-state index in [4.69, 9.17) is 4.74 Å². The number of nitrogens with one attached hydrogen (secondary N) is 1. The molecule has 10 nitrogen and oxygen atoms in total. The van der Waals surface area contributed by atoms with Gasteiger partial charge in [0.25, 0.3) is 11.5 Å². The minimum Gasteiger partial charge on any atom is -0.451 e. The molecule has 32 heavy (non-hydrogen) atoms.